The van der Waals surface area contributed by atoms with Gasteiger partial charge in [-0.25, -0.2) is 8.78 Å². The summed E-state index contributed by atoms with van der Waals surface area (Å²) >= 11 is 0. The molecule has 2 aromatic rings. The van der Waals surface area contributed by atoms with Crippen LogP contribution in [0.3, 0.4) is 0 Å². The fourth-order valence-corrected chi connectivity index (χ4v) is 3.03. The average Bonchev–Trinajstić information content (AvgIpc) is 3.46. The SMILES string of the molecule is O=C(NC(CO)c1ccc(OCCF)cc1)C1CC1c1ccc(F)cc1. The number of carbonyl (C=O) groups excluding carboxylic acids is 1. The quantitative estimate of drug-likeness (QED) is 0.760. The summed E-state index contributed by atoms with van der Waals surface area (Å²) in [4.78, 5) is 12.4. The molecule has 0 saturated heterocycles. The Morgan fingerprint density at radius 3 is 2.50 bits per heavy atom. The van der Waals surface area contributed by atoms with E-state index in [1.165, 1.54) is 12.1 Å². The molecule has 0 heterocycles. The van der Waals surface area contributed by atoms with E-state index in [0.29, 0.717) is 12.2 Å². The zero-order valence-corrected chi connectivity index (χ0v) is 14.2. The van der Waals surface area contributed by atoms with Crippen molar-refractivity contribution in [2.24, 2.45) is 5.92 Å². The van der Waals surface area contributed by atoms with Crippen molar-refractivity contribution in [2.75, 3.05) is 19.9 Å². The third-order valence-electron chi connectivity index (χ3n) is 4.55. The predicted octanol–water partition coefficient (Wildman–Crippen LogP) is 3.13. The lowest BCUT2D eigenvalue weighted by atomic mass is 10.1. The van der Waals surface area contributed by atoms with E-state index in [1.807, 2.05) is 0 Å². The predicted molar refractivity (Wildman–Crippen MR) is 93.1 cm³/mol. The molecular weight excluding hydrogens is 340 g/mol. The zero-order chi connectivity index (χ0) is 18.5. The highest BCUT2D eigenvalue weighted by Crippen LogP contribution is 2.47. The van der Waals surface area contributed by atoms with Gasteiger partial charge in [-0.05, 0) is 47.7 Å². The van der Waals surface area contributed by atoms with Crippen LogP contribution in [0.5, 0.6) is 5.75 Å². The molecule has 6 heteroatoms. The number of hydrogen-bond acceptors (Lipinski definition) is 3. The topological polar surface area (TPSA) is 58.6 Å². The molecule has 1 aliphatic rings. The molecule has 1 amide bonds. The summed E-state index contributed by atoms with van der Waals surface area (Å²) in [7, 11) is 0. The van der Waals surface area contributed by atoms with Crippen molar-refractivity contribution < 1.29 is 23.4 Å². The van der Waals surface area contributed by atoms with Gasteiger partial charge < -0.3 is 15.2 Å². The second kappa shape index (κ2) is 8.27. The van der Waals surface area contributed by atoms with Crippen LogP contribution in [-0.4, -0.2) is 30.9 Å². The summed E-state index contributed by atoms with van der Waals surface area (Å²) in [5.74, 6) is 0.0342. The second-order valence-electron chi connectivity index (χ2n) is 6.35. The van der Waals surface area contributed by atoms with Crippen LogP contribution in [-0.2, 0) is 4.79 Å². The zero-order valence-electron chi connectivity index (χ0n) is 14.2. The highest BCUT2D eigenvalue weighted by molar-refractivity contribution is 5.83. The van der Waals surface area contributed by atoms with Gasteiger partial charge >= 0.3 is 0 Å². The minimum atomic E-state index is -0.562. The first-order valence-electron chi connectivity index (χ1n) is 8.57. The Balaban J connectivity index is 1.58. The maximum atomic E-state index is 13.0. The average molecular weight is 361 g/mol. The van der Waals surface area contributed by atoms with Crippen LogP contribution in [0.2, 0.25) is 0 Å². The van der Waals surface area contributed by atoms with Crippen LogP contribution in [0.1, 0.15) is 29.5 Å². The van der Waals surface area contributed by atoms with Gasteiger partial charge in [-0.1, -0.05) is 24.3 Å². The summed E-state index contributed by atoms with van der Waals surface area (Å²) in [6.07, 6.45) is 0.714. The molecule has 0 aliphatic heterocycles. The number of ether oxygens (including phenoxy) is 1. The van der Waals surface area contributed by atoms with Gasteiger partial charge in [-0.15, -0.1) is 0 Å². The number of nitrogens with one attached hydrogen (secondary N) is 1. The van der Waals surface area contributed by atoms with Crippen molar-refractivity contribution in [3.8, 4) is 5.75 Å². The van der Waals surface area contributed by atoms with Crippen molar-refractivity contribution in [3.63, 3.8) is 0 Å². The molecule has 3 rings (SSSR count). The largest absolute Gasteiger partial charge is 0.491 e. The first kappa shape index (κ1) is 18.3. The Hall–Kier alpha value is -2.47. The summed E-state index contributed by atoms with van der Waals surface area (Å²) in [6, 6.07) is 12.5. The Kier molecular flexibility index (Phi) is 5.83. The third kappa shape index (κ3) is 4.38. The normalized spacial score (nSPS) is 19.7. The standard InChI is InChI=1S/C20H21F2NO3/c21-9-10-26-16-7-3-14(4-8-16)19(12-24)23-20(25)18-11-17(18)13-1-5-15(22)6-2-13/h1-8,17-19,24H,9-12H2,(H,23,25). The molecule has 26 heavy (non-hydrogen) atoms. The maximum absolute atomic E-state index is 13.0. The molecule has 3 unspecified atom stereocenters. The molecule has 0 radical (unpaired) electrons. The number of alkyl halides is 1. The van der Waals surface area contributed by atoms with Crippen LogP contribution in [0.4, 0.5) is 8.78 Å². The Morgan fingerprint density at radius 1 is 1.19 bits per heavy atom. The molecule has 4 nitrogen and oxygen atoms in total. The van der Waals surface area contributed by atoms with E-state index in [1.54, 1.807) is 36.4 Å². The van der Waals surface area contributed by atoms with Crippen LogP contribution in [0, 0.1) is 11.7 Å². The summed E-state index contributed by atoms with van der Waals surface area (Å²) in [6.45, 7) is -0.802. The molecule has 138 valence electrons. The number of benzene rings is 2. The van der Waals surface area contributed by atoms with E-state index >= 15 is 0 Å². The molecule has 0 bridgehead atoms. The Morgan fingerprint density at radius 2 is 1.88 bits per heavy atom. The first-order valence-corrected chi connectivity index (χ1v) is 8.57. The lowest BCUT2D eigenvalue weighted by Crippen LogP contribution is -2.32. The van der Waals surface area contributed by atoms with Crippen molar-refractivity contribution in [1.29, 1.82) is 0 Å². The van der Waals surface area contributed by atoms with E-state index in [9.17, 15) is 18.7 Å². The van der Waals surface area contributed by atoms with Gasteiger partial charge in [0.25, 0.3) is 0 Å². The van der Waals surface area contributed by atoms with E-state index in [0.717, 1.165) is 11.1 Å². The first-order chi connectivity index (χ1) is 12.6. The van der Waals surface area contributed by atoms with Crippen molar-refractivity contribution >= 4 is 5.91 Å². The summed E-state index contributed by atoms with van der Waals surface area (Å²) < 4.78 is 30.3. The lowest BCUT2D eigenvalue weighted by Gasteiger charge is -2.17. The molecule has 1 aliphatic carbocycles. The van der Waals surface area contributed by atoms with Crippen LogP contribution < -0.4 is 10.1 Å². The van der Waals surface area contributed by atoms with Gasteiger partial charge in [0, 0.05) is 5.92 Å². The molecule has 3 atom stereocenters. The van der Waals surface area contributed by atoms with Gasteiger partial charge in [0.05, 0.1) is 12.6 Å². The number of carbonyl (C=O) groups is 1. The number of aliphatic hydroxyl groups is 1. The minimum Gasteiger partial charge on any atom is -0.491 e. The molecule has 0 spiro atoms. The molecule has 1 fully saturated rings. The van der Waals surface area contributed by atoms with Gasteiger partial charge in [0.2, 0.25) is 5.91 Å². The molecule has 0 aromatic heterocycles. The van der Waals surface area contributed by atoms with E-state index in [4.69, 9.17) is 4.74 Å². The fraction of sp³-hybridized carbons (Fsp3) is 0.350. The van der Waals surface area contributed by atoms with E-state index in [-0.39, 0.29) is 36.8 Å². The van der Waals surface area contributed by atoms with E-state index < -0.39 is 12.7 Å². The Bertz CT molecular complexity index is 734. The molecule has 1 saturated carbocycles. The minimum absolute atomic E-state index is 0.00797. The lowest BCUT2D eigenvalue weighted by molar-refractivity contribution is -0.123. The monoisotopic (exact) mass is 361 g/mol. The van der Waals surface area contributed by atoms with Crippen molar-refractivity contribution in [3.05, 3.63) is 65.5 Å². The van der Waals surface area contributed by atoms with Crippen molar-refractivity contribution in [2.45, 2.75) is 18.4 Å². The highest BCUT2D eigenvalue weighted by Gasteiger charge is 2.44. The second-order valence-corrected chi connectivity index (χ2v) is 6.35. The van der Waals surface area contributed by atoms with Gasteiger partial charge in [-0.2, -0.15) is 0 Å². The smallest absolute Gasteiger partial charge is 0.224 e. The third-order valence-corrected chi connectivity index (χ3v) is 4.55. The number of amides is 1. The van der Waals surface area contributed by atoms with Gasteiger partial charge in [0.1, 0.15) is 24.8 Å². The van der Waals surface area contributed by atoms with Crippen LogP contribution in [0.15, 0.2) is 48.5 Å². The molecule has 2 aromatic carbocycles. The molecular formula is C20H21F2NO3. The molecule has 2 N–H and O–H groups in total. The maximum Gasteiger partial charge on any atom is 0.224 e. The van der Waals surface area contributed by atoms with Crippen molar-refractivity contribution in [1.82, 2.24) is 5.32 Å². The van der Waals surface area contributed by atoms with Gasteiger partial charge in [0.15, 0.2) is 0 Å². The van der Waals surface area contributed by atoms with Crippen LogP contribution >= 0.6 is 0 Å². The highest BCUT2D eigenvalue weighted by atomic mass is 19.1. The van der Waals surface area contributed by atoms with Gasteiger partial charge in [-0.3, -0.25) is 4.79 Å². The van der Waals surface area contributed by atoms with E-state index in [2.05, 4.69) is 5.32 Å². The number of rotatable bonds is 8. The summed E-state index contributed by atoms with van der Waals surface area (Å²) in [5.41, 5.74) is 1.69. The Labute approximate surface area is 150 Å². The number of aliphatic hydroxyl groups excluding tert-OH is 1. The number of halogens is 2. The van der Waals surface area contributed by atoms with Crippen LogP contribution in [0.25, 0.3) is 0 Å². The number of hydrogen-bond donors (Lipinski definition) is 2. The fourth-order valence-electron chi connectivity index (χ4n) is 3.03. The summed E-state index contributed by atoms with van der Waals surface area (Å²) in [5, 5.41) is 12.5.